The number of likely N-dealkylation sites (tertiary alicyclic amines) is 1. The second kappa shape index (κ2) is 6.02. The highest BCUT2D eigenvalue weighted by molar-refractivity contribution is 7.88. The SMILES string of the molecule is CN(CC(=O)N1CCC2(CCCCCC2)C1)S(C)(=O)=O. The topological polar surface area (TPSA) is 57.7 Å². The van der Waals surface area contributed by atoms with Gasteiger partial charge in [0, 0.05) is 20.1 Å². The molecule has 1 heterocycles. The molecule has 2 fully saturated rings. The zero-order valence-electron chi connectivity index (χ0n) is 12.6. The van der Waals surface area contributed by atoms with Gasteiger partial charge in [-0.25, -0.2) is 8.42 Å². The van der Waals surface area contributed by atoms with Crippen molar-refractivity contribution in [2.75, 3.05) is 32.9 Å². The molecule has 0 radical (unpaired) electrons. The average Bonchev–Trinajstić information content (AvgIpc) is 2.62. The lowest BCUT2D eigenvalue weighted by atomic mass is 9.80. The maximum Gasteiger partial charge on any atom is 0.237 e. The van der Waals surface area contributed by atoms with Gasteiger partial charge >= 0.3 is 0 Å². The fourth-order valence-electron chi connectivity index (χ4n) is 3.44. The highest BCUT2D eigenvalue weighted by Crippen LogP contribution is 2.42. The third kappa shape index (κ3) is 3.73. The first-order chi connectivity index (χ1) is 9.32. The van der Waals surface area contributed by atoms with Gasteiger partial charge in [0.05, 0.1) is 12.8 Å². The van der Waals surface area contributed by atoms with Gasteiger partial charge in [-0.1, -0.05) is 25.7 Å². The van der Waals surface area contributed by atoms with Crippen LogP contribution >= 0.6 is 0 Å². The Bertz CT molecular complexity index is 453. The van der Waals surface area contributed by atoms with Crippen molar-refractivity contribution in [3.8, 4) is 0 Å². The van der Waals surface area contributed by atoms with Crippen LogP contribution in [-0.4, -0.2) is 56.5 Å². The molecule has 0 aromatic rings. The minimum absolute atomic E-state index is 0.0328. The van der Waals surface area contributed by atoms with Crippen LogP contribution in [0.1, 0.15) is 44.9 Å². The lowest BCUT2D eigenvalue weighted by Crippen LogP contribution is -2.40. The Morgan fingerprint density at radius 3 is 2.30 bits per heavy atom. The van der Waals surface area contributed by atoms with Crippen molar-refractivity contribution in [2.45, 2.75) is 44.9 Å². The van der Waals surface area contributed by atoms with Crippen LogP contribution in [0.5, 0.6) is 0 Å². The third-order valence-corrected chi connectivity index (χ3v) is 6.14. The summed E-state index contributed by atoms with van der Waals surface area (Å²) in [6.45, 7) is 1.58. The summed E-state index contributed by atoms with van der Waals surface area (Å²) in [7, 11) is -1.82. The predicted octanol–water partition coefficient (Wildman–Crippen LogP) is 1.45. The smallest absolute Gasteiger partial charge is 0.237 e. The van der Waals surface area contributed by atoms with Crippen molar-refractivity contribution in [3.05, 3.63) is 0 Å². The number of amides is 1. The van der Waals surface area contributed by atoms with Gasteiger partial charge in [-0.2, -0.15) is 4.31 Å². The second-order valence-corrected chi connectivity index (χ2v) is 8.59. The molecule has 20 heavy (non-hydrogen) atoms. The van der Waals surface area contributed by atoms with Crippen LogP contribution < -0.4 is 0 Å². The summed E-state index contributed by atoms with van der Waals surface area (Å²) >= 11 is 0. The number of nitrogens with zero attached hydrogens (tertiary/aromatic N) is 2. The molecule has 0 unspecified atom stereocenters. The number of sulfonamides is 1. The van der Waals surface area contributed by atoms with Crippen LogP contribution in [0.4, 0.5) is 0 Å². The zero-order valence-corrected chi connectivity index (χ0v) is 13.4. The van der Waals surface area contributed by atoms with Crippen molar-refractivity contribution >= 4 is 15.9 Å². The number of likely N-dealkylation sites (N-methyl/N-ethyl adjacent to an activating group) is 1. The van der Waals surface area contributed by atoms with E-state index < -0.39 is 10.0 Å². The van der Waals surface area contributed by atoms with Crippen molar-refractivity contribution in [1.82, 2.24) is 9.21 Å². The van der Waals surface area contributed by atoms with Crippen molar-refractivity contribution in [2.24, 2.45) is 5.41 Å². The lowest BCUT2D eigenvalue weighted by Gasteiger charge is -2.28. The number of carbonyl (C=O) groups excluding carboxylic acids is 1. The molecule has 116 valence electrons. The molecule has 2 aliphatic rings. The Hall–Kier alpha value is -0.620. The molecule has 1 amide bonds. The van der Waals surface area contributed by atoms with Crippen molar-refractivity contribution in [3.63, 3.8) is 0 Å². The van der Waals surface area contributed by atoms with Crippen molar-refractivity contribution in [1.29, 1.82) is 0 Å². The van der Waals surface area contributed by atoms with Crippen LogP contribution in [0, 0.1) is 5.41 Å². The quantitative estimate of drug-likeness (QED) is 0.793. The lowest BCUT2D eigenvalue weighted by molar-refractivity contribution is -0.130. The Morgan fingerprint density at radius 2 is 1.75 bits per heavy atom. The number of hydrogen-bond acceptors (Lipinski definition) is 3. The molecule has 0 N–H and O–H groups in total. The van der Waals surface area contributed by atoms with Gasteiger partial charge in [-0.15, -0.1) is 0 Å². The molecule has 0 aromatic carbocycles. The van der Waals surface area contributed by atoms with Crippen molar-refractivity contribution < 1.29 is 13.2 Å². The average molecular weight is 302 g/mol. The normalized spacial score (nSPS) is 23.2. The molecule has 0 aromatic heterocycles. The maximum atomic E-state index is 12.2. The molecular weight excluding hydrogens is 276 g/mol. The second-order valence-electron chi connectivity index (χ2n) is 6.50. The zero-order chi connectivity index (χ0) is 14.8. The Morgan fingerprint density at radius 1 is 1.15 bits per heavy atom. The summed E-state index contributed by atoms with van der Waals surface area (Å²) < 4.78 is 23.9. The molecule has 5 nitrogen and oxygen atoms in total. The molecule has 6 heteroatoms. The van der Waals surface area contributed by atoms with E-state index in [0.29, 0.717) is 5.41 Å². The van der Waals surface area contributed by atoms with E-state index in [1.165, 1.54) is 45.6 Å². The molecule has 2 rings (SSSR count). The van der Waals surface area contributed by atoms with Crippen LogP contribution in [0.2, 0.25) is 0 Å². The molecule has 1 aliphatic carbocycles. The monoisotopic (exact) mass is 302 g/mol. The number of hydrogen-bond donors (Lipinski definition) is 0. The standard InChI is InChI=1S/C14H26N2O3S/c1-15(20(2,18)19)11-13(17)16-10-9-14(12-16)7-5-3-4-6-8-14/h3-12H2,1-2H3. The van der Waals surface area contributed by atoms with E-state index in [1.807, 2.05) is 4.90 Å². The minimum Gasteiger partial charge on any atom is -0.341 e. The number of rotatable bonds is 3. The summed E-state index contributed by atoms with van der Waals surface area (Å²) in [6, 6.07) is 0. The van der Waals surface area contributed by atoms with E-state index in [9.17, 15) is 13.2 Å². The summed E-state index contributed by atoms with van der Waals surface area (Å²) in [5.74, 6) is -0.0564. The molecule has 0 bridgehead atoms. The fourth-order valence-corrected chi connectivity index (χ4v) is 3.79. The summed E-state index contributed by atoms with van der Waals surface area (Å²) in [6.07, 6.45) is 9.82. The first-order valence-corrected chi connectivity index (χ1v) is 9.36. The van der Waals surface area contributed by atoms with Crippen LogP contribution in [0.15, 0.2) is 0 Å². The molecule has 0 atom stereocenters. The molecule has 1 saturated heterocycles. The Balaban J connectivity index is 1.93. The van der Waals surface area contributed by atoms with Gasteiger partial charge in [-0.3, -0.25) is 4.79 Å². The Kier molecular flexibility index (Phi) is 4.74. The fraction of sp³-hybridized carbons (Fsp3) is 0.929. The summed E-state index contributed by atoms with van der Waals surface area (Å²) in [5.41, 5.74) is 0.315. The van der Waals surface area contributed by atoms with Gasteiger partial charge in [0.1, 0.15) is 0 Å². The highest BCUT2D eigenvalue weighted by atomic mass is 32.2. The molecule has 1 spiro atoms. The first-order valence-electron chi connectivity index (χ1n) is 7.52. The van der Waals surface area contributed by atoms with Gasteiger partial charge in [0.25, 0.3) is 0 Å². The maximum absolute atomic E-state index is 12.2. The Labute approximate surface area is 122 Å². The van der Waals surface area contributed by atoms with E-state index in [1.54, 1.807) is 0 Å². The highest BCUT2D eigenvalue weighted by Gasteiger charge is 2.39. The third-order valence-electron chi connectivity index (χ3n) is 4.88. The van der Waals surface area contributed by atoms with E-state index in [-0.39, 0.29) is 12.5 Å². The van der Waals surface area contributed by atoms with Crippen LogP contribution in [0.3, 0.4) is 0 Å². The van der Waals surface area contributed by atoms with Gasteiger partial charge < -0.3 is 4.90 Å². The minimum atomic E-state index is -3.28. The van der Waals surface area contributed by atoms with Gasteiger partial charge in [0.15, 0.2) is 0 Å². The van der Waals surface area contributed by atoms with Gasteiger partial charge in [0.2, 0.25) is 15.9 Å². The predicted molar refractivity (Wildman–Crippen MR) is 78.8 cm³/mol. The van der Waals surface area contributed by atoms with Gasteiger partial charge in [-0.05, 0) is 24.7 Å². The van der Waals surface area contributed by atoms with E-state index in [0.717, 1.165) is 30.1 Å². The van der Waals surface area contributed by atoms with Crippen LogP contribution in [0.25, 0.3) is 0 Å². The van der Waals surface area contributed by atoms with Crippen LogP contribution in [-0.2, 0) is 14.8 Å². The van der Waals surface area contributed by atoms with E-state index in [2.05, 4.69) is 0 Å². The van der Waals surface area contributed by atoms with E-state index in [4.69, 9.17) is 0 Å². The summed E-state index contributed by atoms with van der Waals surface area (Å²) in [4.78, 5) is 14.1. The van der Waals surface area contributed by atoms with E-state index >= 15 is 0 Å². The largest absolute Gasteiger partial charge is 0.341 e. The first kappa shape index (κ1) is 15.8. The number of carbonyl (C=O) groups is 1. The molecule has 1 saturated carbocycles. The summed E-state index contributed by atoms with van der Waals surface area (Å²) in [5, 5.41) is 0. The molecule has 1 aliphatic heterocycles. The molecular formula is C14H26N2O3S.